The van der Waals surface area contributed by atoms with Gasteiger partial charge in [0.05, 0.1) is 17.8 Å². The van der Waals surface area contributed by atoms with Gasteiger partial charge in [0.1, 0.15) is 5.78 Å². The van der Waals surface area contributed by atoms with E-state index in [1.54, 1.807) is 13.8 Å². The monoisotopic (exact) mass is 226 g/mol. The lowest BCUT2D eigenvalue weighted by Crippen LogP contribution is -2.52. The predicted octanol–water partition coefficient (Wildman–Crippen LogP) is 2.06. The Bertz CT molecular complexity index is 292. The largest absolute Gasteiger partial charge is 0.388 e. The van der Waals surface area contributed by atoms with Crippen LogP contribution in [-0.2, 0) is 9.53 Å². The molecule has 2 aliphatic rings. The molecule has 0 aromatic carbocycles. The van der Waals surface area contributed by atoms with E-state index < -0.39 is 5.60 Å². The normalized spacial score (nSPS) is 40.6. The van der Waals surface area contributed by atoms with Gasteiger partial charge in [-0.1, -0.05) is 6.92 Å². The molecule has 2 rings (SSSR count). The number of ketones is 1. The Morgan fingerprint density at radius 3 is 2.75 bits per heavy atom. The molecule has 2 fully saturated rings. The fraction of sp³-hybridized carbons (Fsp3) is 0.923. The van der Waals surface area contributed by atoms with Crippen LogP contribution in [0.5, 0.6) is 0 Å². The minimum Gasteiger partial charge on any atom is -0.388 e. The zero-order valence-electron chi connectivity index (χ0n) is 10.5. The zero-order valence-corrected chi connectivity index (χ0v) is 10.5. The number of rotatable bonds is 1. The van der Waals surface area contributed by atoms with Crippen molar-refractivity contribution in [1.29, 1.82) is 0 Å². The van der Waals surface area contributed by atoms with E-state index >= 15 is 0 Å². The molecule has 92 valence electrons. The van der Waals surface area contributed by atoms with Crippen LogP contribution in [0.1, 0.15) is 52.9 Å². The van der Waals surface area contributed by atoms with Crippen LogP contribution in [0.4, 0.5) is 0 Å². The molecule has 1 saturated heterocycles. The minimum atomic E-state index is -0.775. The lowest BCUT2D eigenvalue weighted by atomic mass is 9.67. The van der Waals surface area contributed by atoms with Gasteiger partial charge in [-0.2, -0.15) is 0 Å². The van der Waals surface area contributed by atoms with Crippen molar-refractivity contribution in [3.63, 3.8) is 0 Å². The van der Waals surface area contributed by atoms with Crippen LogP contribution in [0.3, 0.4) is 0 Å². The van der Waals surface area contributed by atoms with Gasteiger partial charge in [-0.3, -0.25) is 4.79 Å². The molecule has 3 atom stereocenters. The van der Waals surface area contributed by atoms with Crippen molar-refractivity contribution in [1.82, 2.24) is 0 Å². The fourth-order valence-electron chi connectivity index (χ4n) is 3.02. The first-order valence-corrected chi connectivity index (χ1v) is 6.21. The second-order valence-corrected chi connectivity index (χ2v) is 6.21. The van der Waals surface area contributed by atoms with Crippen molar-refractivity contribution in [2.45, 2.75) is 70.7 Å². The summed E-state index contributed by atoms with van der Waals surface area (Å²) in [5, 5.41) is 9.98. The summed E-state index contributed by atoms with van der Waals surface area (Å²) >= 11 is 0. The number of hydrogen-bond donors (Lipinski definition) is 1. The maximum Gasteiger partial charge on any atom is 0.133 e. The van der Waals surface area contributed by atoms with Gasteiger partial charge in [-0.15, -0.1) is 0 Å². The molecule has 3 heteroatoms. The molecule has 0 bridgehead atoms. The second-order valence-electron chi connectivity index (χ2n) is 6.21. The highest BCUT2D eigenvalue weighted by molar-refractivity contribution is 5.80. The number of carbonyl (C=O) groups excluding carboxylic acids is 1. The summed E-state index contributed by atoms with van der Waals surface area (Å²) in [6.07, 6.45) is 4.01. The van der Waals surface area contributed by atoms with E-state index in [2.05, 4.69) is 6.92 Å². The smallest absolute Gasteiger partial charge is 0.133 e. The van der Waals surface area contributed by atoms with Gasteiger partial charge < -0.3 is 9.84 Å². The van der Waals surface area contributed by atoms with Crippen LogP contribution < -0.4 is 0 Å². The van der Waals surface area contributed by atoms with Crippen molar-refractivity contribution >= 4 is 5.78 Å². The van der Waals surface area contributed by atoms with E-state index in [4.69, 9.17) is 4.74 Å². The van der Waals surface area contributed by atoms with Crippen LogP contribution in [0.2, 0.25) is 0 Å². The van der Waals surface area contributed by atoms with Crippen molar-refractivity contribution in [3.8, 4) is 0 Å². The summed E-state index contributed by atoms with van der Waals surface area (Å²) in [6.45, 7) is 5.75. The molecule has 1 aliphatic carbocycles. The molecule has 0 amide bonds. The molecule has 16 heavy (non-hydrogen) atoms. The van der Waals surface area contributed by atoms with Crippen LogP contribution >= 0.6 is 0 Å². The first kappa shape index (κ1) is 12.1. The van der Waals surface area contributed by atoms with Crippen LogP contribution in [0.15, 0.2) is 0 Å². The molecular formula is C13H22O3. The number of hydrogen-bond acceptors (Lipinski definition) is 3. The maximum atomic E-state index is 11.5. The van der Waals surface area contributed by atoms with Crippen molar-refractivity contribution < 1.29 is 14.6 Å². The summed E-state index contributed by atoms with van der Waals surface area (Å²) in [5.74, 6) is 0.365. The van der Waals surface area contributed by atoms with E-state index in [0.717, 1.165) is 19.3 Å². The van der Waals surface area contributed by atoms with Crippen molar-refractivity contribution in [2.24, 2.45) is 5.41 Å². The summed E-state index contributed by atoms with van der Waals surface area (Å²) < 4.78 is 6.00. The molecule has 0 unspecified atom stereocenters. The third-order valence-electron chi connectivity index (χ3n) is 4.16. The van der Waals surface area contributed by atoms with Crippen LogP contribution in [0.25, 0.3) is 0 Å². The highest BCUT2D eigenvalue weighted by Gasteiger charge is 2.47. The molecule has 0 spiro atoms. The number of aliphatic hydroxyl groups is 1. The molecule has 0 aromatic heterocycles. The van der Waals surface area contributed by atoms with Crippen LogP contribution in [-0.4, -0.2) is 28.7 Å². The third-order valence-corrected chi connectivity index (χ3v) is 4.16. The topological polar surface area (TPSA) is 46.5 Å². The number of carbonyl (C=O) groups is 1. The van der Waals surface area contributed by atoms with E-state index in [1.807, 2.05) is 0 Å². The lowest BCUT2D eigenvalue weighted by Gasteiger charge is -2.49. The Labute approximate surface area is 97.2 Å². The standard InChI is InChI=1S/C13H22O3/c1-12(2,15)10-6-7-13(3)8-9(14)4-5-11(13)16-10/h10-11,15H,4-8H2,1-3H3/t10-,11+,13+/m0/s1. The summed E-state index contributed by atoms with van der Waals surface area (Å²) in [7, 11) is 0. The highest BCUT2D eigenvalue weighted by atomic mass is 16.5. The van der Waals surface area contributed by atoms with E-state index in [1.165, 1.54) is 0 Å². The summed E-state index contributed by atoms with van der Waals surface area (Å²) in [6, 6.07) is 0. The predicted molar refractivity (Wildman–Crippen MR) is 61.2 cm³/mol. The Morgan fingerprint density at radius 1 is 1.44 bits per heavy atom. The average Bonchev–Trinajstić information content (AvgIpc) is 2.14. The van der Waals surface area contributed by atoms with Gasteiger partial charge in [0.15, 0.2) is 0 Å². The molecule has 1 saturated carbocycles. The van der Waals surface area contributed by atoms with E-state index in [-0.39, 0.29) is 17.6 Å². The van der Waals surface area contributed by atoms with E-state index in [0.29, 0.717) is 18.6 Å². The Hall–Kier alpha value is -0.410. The molecule has 0 radical (unpaired) electrons. The van der Waals surface area contributed by atoms with E-state index in [9.17, 15) is 9.90 Å². The Balaban J connectivity index is 2.09. The first-order valence-electron chi connectivity index (χ1n) is 6.21. The Kier molecular flexibility index (Phi) is 2.87. The van der Waals surface area contributed by atoms with Gasteiger partial charge in [0.25, 0.3) is 0 Å². The maximum absolute atomic E-state index is 11.5. The van der Waals surface area contributed by atoms with Crippen LogP contribution in [0, 0.1) is 5.41 Å². The molecule has 0 aromatic rings. The Morgan fingerprint density at radius 2 is 2.12 bits per heavy atom. The van der Waals surface area contributed by atoms with Crippen molar-refractivity contribution in [3.05, 3.63) is 0 Å². The quantitative estimate of drug-likeness (QED) is 0.744. The first-order chi connectivity index (χ1) is 7.31. The minimum absolute atomic E-state index is 0.0110. The molecule has 1 N–H and O–H groups in total. The van der Waals surface area contributed by atoms with Gasteiger partial charge in [0.2, 0.25) is 0 Å². The average molecular weight is 226 g/mol. The fourth-order valence-corrected chi connectivity index (χ4v) is 3.02. The summed E-state index contributed by atoms with van der Waals surface area (Å²) in [4.78, 5) is 11.5. The summed E-state index contributed by atoms with van der Waals surface area (Å²) in [5.41, 5.74) is -0.764. The van der Waals surface area contributed by atoms with Gasteiger partial charge in [-0.05, 0) is 33.1 Å². The lowest BCUT2D eigenvalue weighted by molar-refractivity contribution is -0.194. The van der Waals surface area contributed by atoms with Gasteiger partial charge >= 0.3 is 0 Å². The highest BCUT2D eigenvalue weighted by Crippen LogP contribution is 2.46. The number of fused-ring (bicyclic) bond motifs is 1. The molecule has 1 aliphatic heterocycles. The van der Waals surface area contributed by atoms with Crippen molar-refractivity contribution in [2.75, 3.05) is 0 Å². The molecular weight excluding hydrogens is 204 g/mol. The zero-order chi connectivity index (χ0) is 12.0. The SMILES string of the molecule is CC(C)(O)[C@@H]1CC[C@]2(C)CC(=O)CC[C@H]2O1. The second kappa shape index (κ2) is 3.81. The number of Topliss-reactive ketones (excluding diaryl/α,β-unsaturated/α-hetero) is 1. The number of ether oxygens (including phenoxy) is 1. The van der Waals surface area contributed by atoms with Gasteiger partial charge in [-0.25, -0.2) is 0 Å². The van der Waals surface area contributed by atoms with Gasteiger partial charge in [0, 0.05) is 18.3 Å². The molecule has 3 nitrogen and oxygen atoms in total. The molecule has 1 heterocycles. The third kappa shape index (κ3) is 2.16.